The summed E-state index contributed by atoms with van der Waals surface area (Å²) in [6.07, 6.45) is 4.72. The van der Waals surface area contributed by atoms with E-state index in [0.717, 1.165) is 79.3 Å². The van der Waals surface area contributed by atoms with Crippen molar-refractivity contribution in [1.29, 1.82) is 0 Å². The van der Waals surface area contributed by atoms with Crippen LogP contribution in [0.1, 0.15) is 54.6 Å². The Morgan fingerprint density at radius 1 is 0.811 bits per heavy atom. The highest BCUT2D eigenvalue weighted by Gasteiger charge is 2.22. The number of hydrogen-bond donors (Lipinski definition) is 0. The van der Waals surface area contributed by atoms with E-state index >= 15 is 0 Å². The first-order valence-electron chi connectivity index (χ1n) is 18.9. The van der Waals surface area contributed by atoms with Gasteiger partial charge in [0.1, 0.15) is 11.5 Å². The Kier molecular flexibility index (Phi) is 12.7. The number of carbonyl (C=O) groups excluding carboxylic acids is 2. The monoisotopic (exact) mass is 716 g/mol. The number of methoxy groups -OCH3 is 1. The number of anilines is 3. The van der Waals surface area contributed by atoms with Crippen LogP contribution in [0.5, 0.6) is 11.5 Å². The SMILES string of the molecule is CCOC(=O)CCCn1cc(C(=O)c2ccc(N(C)c3ccc(CC)cc3)c(OCCCN3CCN(c4ccccc4OC)CC3)c2)c2ccccc21. The number of rotatable bonds is 17. The van der Waals surface area contributed by atoms with E-state index in [2.05, 4.69) is 62.6 Å². The van der Waals surface area contributed by atoms with E-state index < -0.39 is 0 Å². The van der Waals surface area contributed by atoms with E-state index in [-0.39, 0.29) is 11.8 Å². The molecule has 278 valence electrons. The molecule has 0 N–H and O–H groups in total. The van der Waals surface area contributed by atoms with Crippen LogP contribution >= 0.6 is 0 Å². The van der Waals surface area contributed by atoms with Crippen LogP contribution in [0.2, 0.25) is 0 Å². The van der Waals surface area contributed by atoms with E-state index in [0.29, 0.717) is 49.5 Å². The van der Waals surface area contributed by atoms with E-state index in [1.165, 1.54) is 5.56 Å². The van der Waals surface area contributed by atoms with Crippen LogP contribution in [0.3, 0.4) is 0 Å². The number of aromatic nitrogens is 1. The fourth-order valence-electron chi connectivity index (χ4n) is 7.11. The standard InChI is InChI=1S/C44H52N4O5/c1-5-33-18-21-35(22-19-33)45(3)39-23-20-34(44(50)37-32-48(25-11-17-43(49)52-6-2)38-14-8-7-13-36(37)38)31-42(39)53-30-12-24-46-26-28-47(29-27-46)40-15-9-10-16-41(40)51-4/h7-10,13-16,18-23,31-32H,5-6,11-12,17,24-30H2,1-4H3. The van der Waals surface area contributed by atoms with Crippen LogP contribution in [0.25, 0.3) is 10.9 Å². The predicted octanol–water partition coefficient (Wildman–Crippen LogP) is 8.15. The third-order valence-corrected chi connectivity index (χ3v) is 10.1. The molecule has 0 spiro atoms. The van der Waals surface area contributed by atoms with Crippen molar-refractivity contribution in [2.45, 2.75) is 46.1 Å². The van der Waals surface area contributed by atoms with Crippen LogP contribution in [-0.2, 0) is 22.5 Å². The summed E-state index contributed by atoms with van der Waals surface area (Å²) in [6.45, 7) is 10.2. The van der Waals surface area contributed by atoms with Crippen molar-refractivity contribution >= 4 is 39.7 Å². The Bertz CT molecular complexity index is 1980. The number of benzene rings is 4. The van der Waals surface area contributed by atoms with Gasteiger partial charge in [-0.05, 0) is 80.3 Å². The van der Waals surface area contributed by atoms with E-state index in [4.69, 9.17) is 14.2 Å². The molecule has 2 heterocycles. The second-order valence-electron chi connectivity index (χ2n) is 13.5. The van der Waals surface area contributed by atoms with E-state index in [9.17, 15) is 9.59 Å². The van der Waals surface area contributed by atoms with Crippen molar-refractivity contribution in [3.05, 3.63) is 114 Å². The van der Waals surface area contributed by atoms with Gasteiger partial charge in [0.2, 0.25) is 0 Å². The normalized spacial score (nSPS) is 13.2. The largest absolute Gasteiger partial charge is 0.495 e. The van der Waals surface area contributed by atoms with E-state index in [1.54, 1.807) is 7.11 Å². The van der Waals surface area contributed by atoms with Gasteiger partial charge >= 0.3 is 5.97 Å². The fourth-order valence-corrected chi connectivity index (χ4v) is 7.11. The molecule has 53 heavy (non-hydrogen) atoms. The lowest BCUT2D eigenvalue weighted by atomic mass is 10.0. The van der Waals surface area contributed by atoms with Gasteiger partial charge in [-0.25, -0.2) is 0 Å². The Labute approximate surface area is 313 Å². The molecule has 1 aromatic heterocycles. The number of fused-ring (bicyclic) bond motifs is 1. The number of hydrogen-bond acceptors (Lipinski definition) is 8. The first kappa shape index (κ1) is 37.5. The van der Waals surface area contributed by atoms with Gasteiger partial charge in [0.15, 0.2) is 5.78 Å². The first-order valence-corrected chi connectivity index (χ1v) is 18.9. The Balaban J connectivity index is 1.17. The minimum Gasteiger partial charge on any atom is -0.495 e. The van der Waals surface area contributed by atoms with Gasteiger partial charge in [0.05, 0.1) is 31.7 Å². The highest BCUT2D eigenvalue weighted by atomic mass is 16.5. The molecule has 0 bridgehead atoms. The van der Waals surface area contributed by atoms with Crippen molar-refractivity contribution in [2.75, 3.05) is 69.9 Å². The number of carbonyl (C=O) groups is 2. The molecule has 0 saturated carbocycles. The second kappa shape index (κ2) is 18.0. The smallest absolute Gasteiger partial charge is 0.305 e. The van der Waals surface area contributed by atoms with Gasteiger partial charge in [0, 0.05) is 86.7 Å². The number of nitrogens with zero attached hydrogens (tertiary/aromatic N) is 4. The van der Waals surface area contributed by atoms with Gasteiger partial charge in [-0.15, -0.1) is 0 Å². The molecule has 9 nitrogen and oxygen atoms in total. The average molecular weight is 717 g/mol. The molecular weight excluding hydrogens is 665 g/mol. The fraction of sp³-hybridized carbons (Fsp3) is 0.364. The van der Waals surface area contributed by atoms with Gasteiger partial charge in [-0.1, -0.05) is 49.4 Å². The van der Waals surface area contributed by atoms with Crippen molar-refractivity contribution in [2.24, 2.45) is 0 Å². The Morgan fingerprint density at radius 3 is 2.32 bits per heavy atom. The van der Waals surface area contributed by atoms with Gasteiger partial charge < -0.3 is 28.6 Å². The zero-order valence-corrected chi connectivity index (χ0v) is 31.6. The van der Waals surface area contributed by atoms with E-state index in [1.807, 2.05) is 74.8 Å². The minimum absolute atomic E-state index is 0.0652. The van der Waals surface area contributed by atoms with Crippen LogP contribution in [0.15, 0.2) is 97.2 Å². The lowest BCUT2D eigenvalue weighted by Gasteiger charge is -2.36. The maximum Gasteiger partial charge on any atom is 0.305 e. The highest BCUT2D eigenvalue weighted by Crippen LogP contribution is 2.35. The number of ether oxygens (including phenoxy) is 3. The molecular formula is C44H52N4O5. The molecule has 0 amide bonds. The molecule has 1 saturated heterocycles. The molecule has 5 aromatic rings. The van der Waals surface area contributed by atoms with Crippen molar-refractivity contribution in [3.8, 4) is 11.5 Å². The molecule has 4 aromatic carbocycles. The molecule has 1 aliphatic heterocycles. The summed E-state index contributed by atoms with van der Waals surface area (Å²) in [6, 6.07) is 30.5. The third kappa shape index (κ3) is 9.03. The maximum absolute atomic E-state index is 14.2. The number of aryl methyl sites for hydroxylation is 2. The second-order valence-corrected chi connectivity index (χ2v) is 13.5. The summed E-state index contributed by atoms with van der Waals surface area (Å²) in [7, 11) is 3.76. The molecule has 1 aliphatic rings. The van der Waals surface area contributed by atoms with Crippen LogP contribution in [0.4, 0.5) is 17.1 Å². The van der Waals surface area contributed by atoms with Crippen molar-refractivity contribution in [1.82, 2.24) is 9.47 Å². The number of para-hydroxylation sites is 3. The third-order valence-electron chi connectivity index (χ3n) is 10.1. The lowest BCUT2D eigenvalue weighted by molar-refractivity contribution is -0.143. The van der Waals surface area contributed by atoms with Crippen LogP contribution in [0, 0.1) is 0 Å². The molecule has 9 heteroatoms. The molecule has 0 radical (unpaired) electrons. The van der Waals surface area contributed by atoms with Crippen LogP contribution in [-0.4, -0.2) is 81.3 Å². The highest BCUT2D eigenvalue weighted by molar-refractivity contribution is 6.16. The number of esters is 1. The zero-order chi connectivity index (χ0) is 37.2. The molecule has 0 aliphatic carbocycles. The minimum atomic E-state index is -0.203. The number of piperazine rings is 1. The summed E-state index contributed by atoms with van der Waals surface area (Å²) in [5.41, 5.74) is 6.54. The molecule has 1 fully saturated rings. The van der Waals surface area contributed by atoms with Crippen LogP contribution < -0.4 is 19.3 Å². The summed E-state index contributed by atoms with van der Waals surface area (Å²) in [5, 5.41) is 0.888. The molecule has 0 unspecified atom stereocenters. The predicted molar refractivity (Wildman–Crippen MR) is 213 cm³/mol. The Hall–Kier alpha value is -5.28. The first-order chi connectivity index (χ1) is 25.9. The Morgan fingerprint density at radius 2 is 1.57 bits per heavy atom. The molecule has 0 atom stereocenters. The van der Waals surface area contributed by atoms with Gasteiger partial charge in [-0.3, -0.25) is 14.5 Å². The summed E-state index contributed by atoms with van der Waals surface area (Å²) in [5.74, 6) is 1.32. The zero-order valence-electron chi connectivity index (χ0n) is 31.6. The quantitative estimate of drug-likeness (QED) is 0.0543. The maximum atomic E-state index is 14.2. The summed E-state index contributed by atoms with van der Waals surface area (Å²) in [4.78, 5) is 33.2. The van der Waals surface area contributed by atoms with Crippen molar-refractivity contribution < 1.29 is 23.8 Å². The topological polar surface area (TPSA) is 76.5 Å². The number of ketones is 1. The molecule has 6 rings (SSSR count). The lowest BCUT2D eigenvalue weighted by Crippen LogP contribution is -2.46. The summed E-state index contributed by atoms with van der Waals surface area (Å²) >= 11 is 0. The van der Waals surface area contributed by atoms with Gasteiger partial charge in [0.25, 0.3) is 0 Å². The van der Waals surface area contributed by atoms with Gasteiger partial charge in [-0.2, -0.15) is 0 Å². The van der Waals surface area contributed by atoms with Crippen molar-refractivity contribution in [3.63, 3.8) is 0 Å². The summed E-state index contributed by atoms with van der Waals surface area (Å²) < 4.78 is 19.3. The average Bonchev–Trinajstić information content (AvgIpc) is 3.57.